The van der Waals surface area contributed by atoms with Crippen LogP contribution in [0.3, 0.4) is 0 Å². The van der Waals surface area contributed by atoms with E-state index in [0.717, 1.165) is 0 Å². The minimum absolute atomic E-state index is 0.118. The van der Waals surface area contributed by atoms with Crippen molar-refractivity contribution in [3.63, 3.8) is 0 Å². The summed E-state index contributed by atoms with van der Waals surface area (Å²) in [6, 6.07) is 2.38. The molecule has 94 valence electrons. The predicted octanol–water partition coefficient (Wildman–Crippen LogP) is 4.01. The van der Waals surface area contributed by atoms with Gasteiger partial charge >= 0.3 is 6.03 Å². The van der Waals surface area contributed by atoms with Gasteiger partial charge in [-0.15, -0.1) is 0 Å². The number of halogens is 3. The van der Waals surface area contributed by atoms with Crippen LogP contribution in [-0.2, 0) is 0 Å². The van der Waals surface area contributed by atoms with Crippen LogP contribution < -0.4 is 5.32 Å². The Hall–Kier alpha value is -1.00. The summed E-state index contributed by atoms with van der Waals surface area (Å²) in [5, 5.41) is 2.37. The Morgan fingerprint density at radius 2 is 1.76 bits per heavy atom. The van der Waals surface area contributed by atoms with Gasteiger partial charge in [-0.2, -0.15) is 0 Å². The number of anilines is 1. The van der Waals surface area contributed by atoms with E-state index in [-0.39, 0.29) is 16.1 Å². The third-order valence-corrected chi connectivity index (χ3v) is 2.84. The topological polar surface area (TPSA) is 32.3 Å². The summed E-state index contributed by atoms with van der Waals surface area (Å²) in [6.07, 6.45) is 0. The number of amides is 2. The zero-order chi connectivity index (χ0) is 13.0. The van der Waals surface area contributed by atoms with Gasteiger partial charge in [-0.25, -0.2) is 9.18 Å². The van der Waals surface area contributed by atoms with Gasteiger partial charge in [0.15, 0.2) is 5.82 Å². The molecule has 0 unspecified atom stereocenters. The Kier molecular flexibility index (Phi) is 5.02. The highest BCUT2D eigenvalue weighted by Crippen LogP contribution is 2.27. The highest BCUT2D eigenvalue weighted by Gasteiger charge is 2.12. The minimum Gasteiger partial charge on any atom is -0.325 e. The third kappa shape index (κ3) is 3.48. The molecule has 1 aromatic rings. The van der Waals surface area contributed by atoms with E-state index in [0.29, 0.717) is 18.8 Å². The van der Waals surface area contributed by atoms with Crippen LogP contribution in [0.25, 0.3) is 0 Å². The molecule has 2 amide bonds. The lowest BCUT2D eigenvalue weighted by Gasteiger charge is -2.19. The largest absolute Gasteiger partial charge is 0.325 e. The molecule has 0 saturated carbocycles. The first-order valence-electron chi connectivity index (χ1n) is 5.20. The second kappa shape index (κ2) is 6.07. The van der Waals surface area contributed by atoms with Gasteiger partial charge in [0.05, 0.1) is 10.0 Å². The van der Waals surface area contributed by atoms with Crippen molar-refractivity contribution in [1.29, 1.82) is 0 Å². The standard InChI is InChI=1S/C11H13Cl2FN2O/c1-3-16(4-2)11(17)15-7-5-8(12)10(14)9(13)6-7/h5-6H,3-4H2,1-2H3,(H,15,17). The van der Waals surface area contributed by atoms with Gasteiger partial charge in [0.25, 0.3) is 0 Å². The van der Waals surface area contributed by atoms with Crippen molar-refractivity contribution in [2.45, 2.75) is 13.8 Å². The van der Waals surface area contributed by atoms with E-state index in [1.165, 1.54) is 12.1 Å². The van der Waals surface area contributed by atoms with E-state index < -0.39 is 5.82 Å². The Bertz CT molecular complexity index is 399. The lowest BCUT2D eigenvalue weighted by Crippen LogP contribution is -2.34. The van der Waals surface area contributed by atoms with Crippen molar-refractivity contribution in [2.75, 3.05) is 18.4 Å². The Morgan fingerprint density at radius 3 is 2.18 bits per heavy atom. The fraction of sp³-hybridized carbons (Fsp3) is 0.364. The molecule has 1 N–H and O–H groups in total. The monoisotopic (exact) mass is 278 g/mol. The quantitative estimate of drug-likeness (QED) is 0.833. The lowest BCUT2D eigenvalue weighted by atomic mass is 10.3. The first kappa shape index (κ1) is 14.1. The molecule has 0 aliphatic rings. The molecule has 0 aromatic heterocycles. The highest BCUT2D eigenvalue weighted by molar-refractivity contribution is 6.35. The molecule has 17 heavy (non-hydrogen) atoms. The van der Waals surface area contributed by atoms with Crippen molar-refractivity contribution in [3.05, 3.63) is 28.0 Å². The number of carbonyl (C=O) groups excluding carboxylic acids is 1. The molecule has 0 spiro atoms. The summed E-state index contributed by atoms with van der Waals surface area (Å²) in [5.41, 5.74) is 0.373. The zero-order valence-electron chi connectivity index (χ0n) is 9.56. The van der Waals surface area contributed by atoms with E-state index in [1.54, 1.807) is 4.90 Å². The van der Waals surface area contributed by atoms with E-state index in [1.807, 2.05) is 13.8 Å². The predicted molar refractivity (Wildman–Crippen MR) is 68.4 cm³/mol. The molecular formula is C11H13Cl2FN2O. The Balaban J connectivity index is 2.85. The smallest absolute Gasteiger partial charge is 0.321 e. The fourth-order valence-corrected chi connectivity index (χ4v) is 1.83. The van der Waals surface area contributed by atoms with Crippen LogP contribution in [-0.4, -0.2) is 24.0 Å². The van der Waals surface area contributed by atoms with Crippen molar-refractivity contribution >= 4 is 34.9 Å². The zero-order valence-corrected chi connectivity index (χ0v) is 11.1. The number of rotatable bonds is 3. The molecule has 0 atom stereocenters. The molecule has 0 radical (unpaired) electrons. The fourth-order valence-electron chi connectivity index (χ4n) is 1.34. The summed E-state index contributed by atoms with van der Waals surface area (Å²) in [7, 11) is 0. The molecular weight excluding hydrogens is 266 g/mol. The molecule has 0 aliphatic carbocycles. The third-order valence-electron chi connectivity index (χ3n) is 2.29. The first-order valence-corrected chi connectivity index (χ1v) is 5.95. The van der Waals surface area contributed by atoms with Crippen LogP contribution >= 0.6 is 23.2 Å². The van der Waals surface area contributed by atoms with Crippen LogP contribution in [0.15, 0.2) is 12.1 Å². The van der Waals surface area contributed by atoms with Gasteiger partial charge in [-0.1, -0.05) is 23.2 Å². The van der Waals surface area contributed by atoms with E-state index in [2.05, 4.69) is 5.32 Å². The van der Waals surface area contributed by atoms with Gasteiger partial charge in [0.1, 0.15) is 0 Å². The molecule has 3 nitrogen and oxygen atoms in total. The van der Waals surface area contributed by atoms with Crippen molar-refractivity contribution in [2.24, 2.45) is 0 Å². The minimum atomic E-state index is -0.686. The normalized spacial score (nSPS) is 10.2. The average Bonchev–Trinajstić information content (AvgIpc) is 2.27. The van der Waals surface area contributed by atoms with Gasteiger partial charge in [0.2, 0.25) is 0 Å². The maximum Gasteiger partial charge on any atom is 0.321 e. The van der Waals surface area contributed by atoms with E-state index in [9.17, 15) is 9.18 Å². The molecule has 0 fully saturated rings. The molecule has 1 aromatic carbocycles. The maximum absolute atomic E-state index is 13.2. The highest BCUT2D eigenvalue weighted by atomic mass is 35.5. The number of benzene rings is 1. The number of nitrogens with one attached hydrogen (secondary N) is 1. The summed E-state index contributed by atoms with van der Waals surface area (Å²) in [6.45, 7) is 4.91. The first-order chi connectivity index (χ1) is 7.99. The molecule has 0 bridgehead atoms. The summed E-state index contributed by atoms with van der Waals surface area (Å²) >= 11 is 11.3. The number of nitrogens with zero attached hydrogens (tertiary/aromatic N) is 1. The van der Waals surface area contributed by atoms with E-state index in [4.69, 9.17) is 23.2 Å². The van der Waals surface area contributed by atoms with Crippen LogP contribution in [0.4, 0.5) is 14.9 Å². The second-order valence-corrected chi connectivity index (χ2v) is 4.17. The van der Waals surface area contributed by atoms with Gasteiger partial charge in [-0.3, -0.25) is 0 Å². The molecule has 0 heterocycles. The number of hydrogen-bond donors (Lipinski definition) is 1. The van der Waals surface area contributed by atoms with Gasteiger partial charge in [-0.05, 0) is 26.0 Å². The Morgan fingerprint density at radius 1 is 1.29 bits per heavy atom. The lowest BCUT2D eigenvalue weighted by molar-refractivity contribution is 0.217. The molecule has 1 rings (SSSR count). The van der Waals surface area contributed by atoms with Crippen LogP contribution in [0.5, 0.6) is 0 Å². The summed E-state index contributed by atoms with van der Waals surface area (Å²) < 4.78 is 13.2. The average molecular weight is 279 g/mol. The van der Waals surface area contributed by atoms with E-state index >= 15 is 0 Å². The van der Waals surface area contributed by atoms with Crippen LogP contribution in [0.2, 0.25) is 10.0 Å². The number of hydrogen-bond acceptors (Lipinski definition) is 1. The van der Waals surface area contributed by atoms with Crippen molar-refractivity contribution in [1.82, 2.24) is 4.90 Å². The Labute approximate surface area is 109 Å². The number of carbonyl (C=O) groups is 1. The molecule has 6 heteroatoms. The summed E-state index contributed by atoms with van der Waals surface area (Å²) in [4.78, 5) is 13.3. The van der Waals surface area contributed by atoms with Crippen molar-refractivity contribution < 1.29 is 9.18 Å². The van der Waals surface area contributed by atoms with Gasteiger partial charge < -0.3 is 10.2 Å². The van der Waals surface area contributed by atoms with Crippen molar-refractivity contribution in [3.8, 4) is 0 Å². The van der Waals surface area contributed by atoms with Crippen LogP contribution in [0, 0.1) is 5.82 Å². The summed E-state index contributed by atoms with van der Waals surface area (Å²) in [5.74, 6) is -0.686. The maximum atomic E-state index is 13.2. The van der Waals surface area contributed by atoms with Gasteiger partial charge in [0, 0.05) is 18.8 Å². The SMILES string of the molecule is CCN(CC)C(=O)Nc1cc(Cl)c(F)c(Cl)c1. The van der Waals surface area contributed by atoms with Crippen LogP contribution in [0.1, 0.15) is 13.8 Å². The molecule has 0 aliphatic heterocycles. The second-order valence-electron chi connectivity index (χ2n) is 3.36. The molecule has 0 saturated heterocycles. The number of urea groups is 1.